The Labute approximate surface area is 193 Å². The van der Waals surface area contributed by atoms with E-state index in [1.807, 2.05) is 48.5 Å². The van der Waals surface area contributed by atoms with Gasteiger partial charge in [0.2, 0.25) is 11.9 Å². The van der Waals surface area contributed by atoms with E-state index in [2.05, 4.69) is 5.32 Å². The predicted molar refractivity (Wildman–Crippen MR) is 115 cm³/mol. The number of carbonyl (C=O) groups is 3. The summed E-state index contributed by atoms with van der Waals surface area (Å²) in [5.74, 6) is -4.12. The highest BCUT2D eigenvalue weighted by atomic mass is 19.4. The van der Waals surface area contributed by atoms with Gasteiger partial charge in [-0.05, 0) is 41.5 Å². The normalized spacial score (nSPS) is 20.2. The van der Waals surface area contributed by atoms with Crippen molar-refractivity contribution in [3.63, 3.8) is 0 Å². The Morgan fingerprint density at radius 1 is 1.00 bits per heavy atom. The van der Waals surface area contributed by atoms with Gasteiger partial charge >= 0.3 is 18.2 Å². The largest absolute Gasteiger partial charge is 0.479 e. The maximum atomic E-state index is 12.8. The molecule has 10 heteroatoms. The topological polar surface area (TPSA) is 105 Å². The van der Waals surface area contributed by atoms with Gasteiger partial charge in [-0.25, -0.2) is 9.59 Å². The van der Waals surface area contributed by atoms with Crippen molar-refractivity contribution in [2.75, 3.05) is 6.61 Å². The first-order valence-corrected chi connectivity index (χ1v) is 10.9. The molecular formula is C24H23F3N2O5. The number of nitrogens with one attached hydrogen (secondary N) is 2. The zero-order chi connectivity index (χ0) is 24.5. The Morgan fingerprint density at radius 3 is 2.15 bits per heavy atom. The zero-order valence-electron chi connectivity index (χ0n) is 18.0. The lowest BCUT2D eigenvalue weighted by molar-refractivity contribution is -0.182. The van der Waals surface area contributed by atoms with E-state index < -0.39 is 42.1 Å². The second-order valence-electron chi connectivity index (χ2n) is 8.50. The molecule has 0 spiro atoms. The molecule has 0 heterocycles. The lowest BCUT2D eigenvalue weighted by Crippen LogP contribution is -2.52. The molecule has 1 saturated carbocycles. The van der Waals surface area contributed by atoms with E-state index in [0.717, 1.165) is 22.3 Å². The summed E-state index contributed by atoms with van der Waals surface area (Å²) in [6.45, 7) is 0.113. The number of amides is 2. The molecular weight excluding hydrogens is 453 g/mol. The minimum atomic E-state index is -5.10. The highest BCUT2D eigenvalue weighted by molar-refractivity contribution is 5.86. The average molecular weight is 476 g/mol. The number of halogens is 3. The number of ether oxygens (including phenoxy) is 1. The molecule has 2 aliphatic carbocycles. The van der Waals surface area contributed by atoms with Crippen LogP contribution in [0.25, 0.3) is 11.1 Å². The molecule has 2 aromatic rings. The van der Waals surface area contributed by atoms with Crippen molar-refractivity contribution in [2.45, 2.75) is 43.4 Å². The highest BCUT2D eigenvalue weighted by Crippen LogP contribution is 2.44. The van der Waals surface area contributed by atoms with Gasteiger partial charge in [0.25, 0.3) is 0 Å². The van der Waals surface area contributed by atoms with E-state index in [4.69, 9.17) is 9.84 Å². The number of hydrogen-bond acceptors (Lipinski definition) is 4. The van der Waals surface area contributed by atoms with Crippen LogP contribution < -0.4 is 10.6 Å². The van der Waals surface area contributed by atoms with Gasteiger partial charge in [0.15, 0.2) is 0 Å². The van der Waals surface area contributed by atoms with Crippen molar-refractivity contribution in [3.8, 4) is 11.1 Å². The third-order valence-electron chi connectivity index (χ3n) is 6.33. The SMILES string of the molecule is O=C(NC1CCC(C(=O)NC(C(=O)O)C(F)(F)F)C1)OCC1c2ccccc2-c2ccccc21. The van der Waals surface area contributed by atoms with E-state index >= 15 is 0 Å². The number of benzene rings is 2. The fraction of sp³-hybridized carbons (Fsp3) is 0.375. The van der Waals surface area contributed by atoms with Crippen LogP contribution in [0.3, 0.4) is 0 Å². The average Bonchev–Trinajstić information content (AvgIpc) is 3.37. The number of aliphatic carboxylic acids is 1. The molecule has 0 bridgehead atoms. The van der Waals surface area contributed by atoms with Crippen LogP contribution in [0.15, 0.2) is 48.5 Å². The van der Waals surface area contributed by atoms with E-state index in [-0.39, 0.29) is 25.4 Å². The van der Waals surface area contributed by atoms with Crippen LogP contribution in [0.2, 0.25) is 0 Å². The Hall–Kier alpha value is -3.56. The number of alkyl carbamates (subject to hydrolysis) is 1. The molecule has 34 heavy (non-hydrogen) atoms. The van der Waals surface area contributed by atoms with Gasteiger partial charge in [-0.1, -0.05) is 48.5 Å². The quantitative estimate of drug-likeness (QED) is 0.588. The molecule has 0 saturated heterocycles. The third-order valence-corrected chi connectivity index (χ3v) is 6.33. The molecule has 3 atom stereocenters. The Bertz CT molecular complexity index is 1060. The molecule has 4 rings (SSSR count). The molecule has 2 aromatic carbocycles. The summed E-state index contributed by atoms with van der Waals surface area (Å²) in [7, 11) is 0. The fourth-order valence-corrected chi connectivity index (χ4v) is 4.70. The number of rotatable bonds is 6. The van der Waals surface area contributed by atoms with Gasteiger partial charge in [0.05, 0.1) is 0 Å². The molecule has 7 nitrogen and oxygen atoms in total. The van der Waals surface area contributed by atoms with Gasteiger partial charge in [-0.2, -0.15) is 13.2 Å². The van der Waals surface area contributed by atoms with E-state index in [9.17, 15) is 27.6 Å². The first-order chi connectivity index (χ1) is 16.1. The van der Waals surface area contributed by atoms with Crippen LogP contribution in [-0.4, -0.2) is 47.9 Å². The van der Waals surface area contributed by atoms with Gasteiger partial charge in [0, 0.05) is 17.9 Å². The lowest BCUT2D eigenvalue weighted by atomic mass is 9.98. The minimum absolute atomic E-state index is 0.0974. The van der Waals surface area contributed by atoms with Crippen LogP contribution in [0.5, 0.6) is 0 Å². The van der Waals surface area contributed by atoms with Gasteiger partial charge in [0.1, 0.15) is 6.61 Å². The molecule has 3 unspecified atom stereocenters. The minimum Gasteiger partial charge on any atom is -0.479 e. The van der Waals surface area contributed by atoms with Crippen molar-refractivity contribution in [3.05, 3.63) is 59.7 Å². The molecule has 0 aromatic heterocycles. The van der Waals surface area contributed by atoms with Gasteiger partial charge in [-0.3, -0.25) is 4.79 Å². The first kappa shape index (κ1) is 23.6. The van der Waals surface area contributed by atoms with Crippen molar-refractivity contribution in [1.29, 1.82) is 0 Å². The molecule has 2 aliphatic rings. The Kier molecular flexibility index (Phi) is 6.49. The van der Waals surface area contributed by atoms with E-state index in [0.29, 0.717) is 6.42 Å². The summed E-state index contributed by atoms with van der Waals surface area (Å²) in [5, 5.41) is 12.9. The van der Waals surface area contributed by atoms with Crippen molar-refractivity contribution < 1.29 is 37.4 Å². The van der Waals surface area contributed by atoms with Crippen LogP contribution in [0, 0.1) is 5.92 Å². The number of carboxylic acids is 1. The zero-order valence-corrected chi connectivity index (χ0v) is 18.0. The number of fused-ring (bicyclic) bond motifs is 3. The third kappa shape index (κ3) is 4.85. The maximum Gasteiger partial charge on any atom is 0.419 e. The summed E-state index contributed by atoms with van der Waals surface area (Å²) in [5.41, 5.74) is 4.31. The fourth-order valence-electron chi connectivity index (χ4n) is 4.70. The van der Waals surface area contributed by atoms with Crippen LogP contribution in [0.1, 0.15) is 36.3 Å². The molecule has 3 N–H and O–H groups in total. The number of hydrogen-bond donors (Lipinski definition) is 3. The number of alkyl halides is 3. The van der Waals surface area contributed by atoms with Crippen LogP contribution >= 0.6 is 0 Å². The summed E-state index contributed by atoms with van der Waals surface area (Å²) in [4.78, 5) is 35.4. The summed E-state index contributed by atoms with van der Waals surface area (Å²) < 4.78 is 43.8. The summed E-state index contributed by atoms with van der Waals surface area (Å²) in [6, 6.07) is 12.4. The van der Waals surface area contributed by atoms with Crippen molar-refractivity contribution in [1.82, 2.24) is 10.6 Å². The maximum absolute atomic E-state index is 12.8. The molecule has 2 amide bonds. The van der Waals surface area contributed by atoms with Crippen molar-refractivity contribution >= 4 is 18.0 Å². The number of carbonyl (C=O) groups excluding carboxylic acids is 2. The molecule has 0 radical (unpaired) electrons. The number of carboxylic acid groups (broad SMARTS) is 1. The van der Waals surface area contributed by atoms with E-state index in [1.165, 1.54) is 0 Å². The summed E-state index contributed by atoms with van der Waals surface area (Å²) in [6.07, 6.45) is -5.08. The van der Waals surface area contributed by atoms with E-state index in [1.54, 1.807) is 5.32 Å². The smallest absolute Gasteiger partial charge is 0.419 e. The van der Waals surface area contributed by atoms with Gasteiger partial charge < -0.3 is 20.5 Å². The Balaban J connectivity index is 1.30. The predicted octanol–water partition coefficient (Wildman–Crippen LogP) is 3.83. The van der Waals surface area contributed by atoms with Crippen LogP contribution in [-0.2, 0) is 14.3 Å². The van der Waals surface area contributed by atoms with Gasteiger partial charge in [-0.15, -0.1) is 0 Å². The second-order valence-corrected chi connectivity index (χ2v) is 8.50. The summed E-state index contributed by atoms with van der Waals surface area (Å²) >= 11 is 0. The van der Waals surface area contributed by atoms with Crippen molar-refractivity contribution in [2.24, 2.45) is 5.92 Å². The standard InChI is InChI=1S/C24H23F3N2O5/c25-24(26,27)20(22(31)32)29-21(30)13-9-10-14(11-13)28-23(33)34-12-19-17-7-3-1-5-15(17)16-6-2-4-8-18(16)19/h1-8,13-14,19-20H,9-12H2,(H,28,33)(H,29,30)(H,31,32). The lowest BCUT2D eigenvalue weighted by Gasteiger charge is -2.20. The molecule has 1 fully saturated rings. The highest BCUT2D eigenvalue weighted by Gasteiger charge is 2.47. The monoisotopic (exact) mass is 476 g/mol. The first-order valence-electron chi connectivity index (χ1n) is 10.9. The van der Waals surface area contributed by atoms with Crippen LogP contribution in [0.4, 0.5) is 18.0 Å². The second kappa shape index (κ2) is 9.36. The molecule has 180 valence electrons. The Morgan fingerprint density at radius 2 is 1.59 bits per heavy atom. The molecule has 0 aliphatic heterocycles.